The molecule has 0 heterocycles. The molecule has 4 aliphatic rings. The molecule has 4 aliphatic carbocycles. The van der Waals surface area contributed by atoms with Crippen molar-refractivity contribution in [2.75, 3.05) is 0 Å². The molecule has 0 aromatic rings. The molecule has 4 fully saturated rings. The van der Waals surface area contributed by atoms with Crippen LogP contribution in [0.4, 0.5) is 22.0 Å². The molecule has 0 radical (unpaired) electrons. The summed E-state index contributed by atoms with van der Waals surface area (Å²) in [6.07, 6.45) is -2.41. The zero-order chi connectivity index (χ0) is 14.7. The quantitative estimate of drug-likeness (QED) is 0.575. The van der Waals surface area contributed by atoms with Gasteiger partial charge in [0.05, 0.1) is 0 Å². The lowest BCUT2D eigenvalue weighted by atomic mass is 9.55. The highest BCUT2D eigenvalue weighted by atomic mass is 19.4. The molecular weight excluding hydrogens is 283 g/mol. The van der Waals surface area contributed by atoms with Gasteiger partial charge in [0.15, 0.2) is 0 Å². The maximum atomic E-state index is 12.9. The van der Waals surface area contributed by atoms with E-state index in [0.29, 0.717) is 11.8 Å². The predicted molar refractivity (Wildman–Crippen MR) is 57.9 cm³/mol. The Kier molecular flexibility index (Phi) is 3.03. The highest BCUT2D eigenvalue weighted by Crippen LogP contribution is 2.55. The number of carbonyl (C=O) groups is 1. The van der Waals surface area contributed by atoms with E-state index in [1.807, 2.05) is 0 Å². The van der Waals surface area contributed by atoms with Gasteiger partial charge >= 0.3 is 18.1 Å². The van der Waals surface area contributed by atoms with Crippen molar-refractivity contribution in [1.82, 2.24) is 0 Å². The fourth-order valence-corrected chi connectivity index (χ4v) is 4.38. The van der Waals surface area contributed by atoms with Crippen LogP contribution in [0.2, 0.25) is 0 Å². The second-order valence-electron chi connectivity index (χ2n) is 6.37. The molecule has 0 aliphatic heterocycles. The van der Waals surface area contributed by atoms with E-state index < -0.39 is 24.2 Å². The second kappa shape index (κ2) is 4.31. The summed E-state index contributed by atoms with van der Waals surface area (Å²) in [5.74, 6) is -6.89. The van der Waals surface area contributed by atoms with Gasteiger partial charge in [0.2, 0.25) is 0 Å². The van der Waals surface area contributed by atoms with Gasteiger partial charge in [-0.15, -0.1) is 0 Å². The first-order valence-corrected chi connectivity index (χ1v) is 6.84. The van der Waals surface area contributed by atoms with E-state index >= 15 is 0 Å². The summed E-state index contributed by atoms with van der Waals surface area (Å²) in [6.45, 7) is 0. The first-order valence-electron chi connectivity index (χ1n) is 6.84. The Morgan fingerprint density at radius 1 is 0.850 bits per heavy atom. The van der Waals surface area contributed by atoms with Crippen LogP contribution in [0.25, 0.3) is 0 Å². The number of rotatable bonds is 2. The van der Waals surface area contributed by atoms with Crippen molar-refractivity contribution >= 4 is 5.97 Å². The molecule has 4 bridgehead atoms. The van der Waals surface area contributed by atoms with E-state index in [0.717, 1.165) is 32.1 Å². The Bertz CT molecular complexity index is 389. The Morgan fingerprint density at radius 3 is 1.70 bits per heavy atom. The number of halogens is 5. The van der Waals surface area contributed by atoms with Crippen LogP contribution in [0.15, 0.2) is 0 Å². The molecule has 7 heteroatoms. The molecule has 0 amide bonds. The predicted octanol–water partition coefficient (Wildman–Crippen LogP) is 3.55. The van der Waals surface area contributed by atoms with Crippen molar-refractivity contribution < 1.29 is 31.5 Å². The van der Waals surface area contributed by atoms with Crippen LogP contribution in [0, 0.1) is 23.7 Å². The number of hydrogen-bond donors (Lipinski definition) is 0. The summed E-state index contributed by atoms with van der Waals surface area (Å²) in [4.78, 5) is 11.2. The third-order valence-corrected chi connectivity index (χ3v) is 5.00. The average molecular weight is 298 g/mol. The van der Waals surface area contributed by atoms with Crippen molar-refractivity contribution in [1.29, 1.82) is 0 Å². The molecule has 0 saturated heterocycles. The first kappa shape index (κ1) is 14.1. The topological polar surface area (TPSA) is 26.3 Å². The monoisotopic (exact) mass is 298 g/mol. The maximum Gasteiger partial charge on any atom is 0.465 e. The number of alkyl halides is 5. The lowest BCUT2D eigenvalue weighted by Crippen LogP contribution is -2.53. The van der Waals surface area contributed by atoms with Crippen LogP contribution in [0.3, 0.4) is 0 Å². The van der Waals surface area contributed by atoms with Gasteiger partial charge in [0.1, 0.15) is 6.10 Å². The second-order valence-corrected chi connectivity index (χ2v) is 6.37. The van der Waals surface area contributed by atoms with Crippen LogP contribution in [0.1, 0.15) is 32.1 Å². The Hall–Kier alpha value is -0.880. The summed E-state index contributed by atoms with van der Waals surface area (Å²) in [7, 11) is 0. The minimum atomic E-state index is -5.89. The highest BCUT2D eigenvalue weighted by Gasteiger charge is 2.66. The third kappa shape index (κ3) is 2.09. The minimum absolute atomic E-state index is 0.0424. The van der Waals surface area contributed by atoms with Gasteiger partial charge in [-0.3, -0.25) is 0 Å². The van der Waals surface area contributed by atoms with Crippen molar-refractivity contribution in [2.45, 2.75) is 50.3 Å². The zero-order valence-corrected chi connectivity index (χ0v) is 10.6. The zero-order valence-electron chi connectivity index (χ0n) is 10.6. The summed E-state index contributed by atoms with van der Waals surface area (Å²) < 4.78 is 66.9. The number of esters is 1. The van der Waals surface area contributed by atoms with Crippen LogP contribution in [-0.2, 0) is 9.53 Å². The molecule has 0 atom stereocenters. The van der Waals surface area contributed by atoms with E-state index in [1.54, 1.807) is 0 Å². The maximum absolute atomic E-state index is 12.9. The summed E-state index contributed by atoms with van der Waals surface area (Å²) in [5, 5.41) is 0. The standard InChI is InChI=1S/C13H15F5O2/c14-12(15,13(16,17)18)11(19)20-10-8-2-6-1-7(4-8)5-9(10)3-6/h6-10H,1-5H2. The van der Waals surface area contributed by atoms with Gasteiger partial charge in [-0.2, -0.15) is 22.0 Å². The van der Waals surface area contributed by atoms with E-state index in [2.05, 4.69) is 4.74 Å². The van der Waals surface area contributed by atoms with Crippen molar-refractivity contribution in [2.24, 2.45) is 23.7 Å². The van der Waals surface area contributed by atoms with E-state index in [1.165, 1.54) is 0 Å². The Labute approximate surface area is 112 Å². The van der Waals surface area contributed by atoms with Crippen LogP contribution in [0.5, 0.6) is 0 Å². The molecule has 0 unspecified atom stereocenters. The molecule has 0 spiro atoms. The molecular formula is C13H15F5O2. The van der Waals surface area contributed by atoms with Gasteiger partial charge in [0.25, 0.3) is 0 Å². The smallest absolute Gasteiger partial charge is 0.457 e. The average Bonchev–Trinajstić information content (AvgIpc) is 2.31. The summed E-state index contributed by atoms with van der Waals surface area (Å²) >= 11 is 0. The molecule has 0 N–H and O–H groups in total. The molecule has 2 nitrogen and oxygen atoms in total. The molecule has 4 saturated carbocycles. The van der Waals surface area contributed by atoms with E-state index in [-0.39, 0.29) is 11.8 Å². The largest absolute Gasteiger partial charge is 0.465 e. The molecule has 0 aromatic heterocycles. The summed E-state index contributed by atoms with van der Waals surface area (Å²) in [6, 6.07) is 0. The number of carbonyl (C=O) groups excluding carboxylic acids is 1. The normalized spacial score (nSPS) is 40.0. The Balaban J connectivity index is 1.71. The fourth-order valence-electron chi connectivity index (χ4n) is 4.38. The number of hydrogen-bond acceptors (Lipinski definition) is 2. The van der Waals surface area contributed by atoms with Gasteiger partial charge in [-0.1, -0.05) is 0 Å². The first-order chi connectivity index (χ1) is 9.18. The molecule has 114 valence electrons. The van der Waals surface area contributed by atoms with E-state index in [9.17, 15) is 26.7 Å². The van der Waals surface area contributed by atoms with Gasteiger partial charge in [0, 0.05) is 0 Å². The highest BCUT2D eigenvalue weighted by molar-refractivity contribution is 5.78. The molecule has 0 aromatic carbocycles. The van der Waals surface area contributed by atoms with E-state index in [4.69, 9.17) is 0 Å². The van der Waals surface area contributed by atoms with Crippen molar-refractivity contribution in [3.05, 3.63) is 0 Å². The summed E-state index contributed by atoms with van der Waals surface area (Å²) in [5.41, 5.74) is 0. The minimum Gasteiger partial charge on any atom is -0.457 e. The van der Waals surface area contributed by atoms with Crippen molar-refractivity contribution in [3.8, 4) is 0 Å². The van der Waals surface area contributed by atoms with Gasteiger partial charge < -0.3 is 4.74 Å². The lowest BCUT2D eigenvalue weighted by Gasteiger charge is -2.53. The fraction of sp³-hybridized carbons (Fsp3) is 0.923. The molecule has 20 heavy (non-hydrogen) atoms. The van der Waals surface area contributed by atoms with Crippen molar-refractivity contribution in [3.63, 3.8) is 0 Å². The van der Waals surface area contributed by atoms with Gasteiger partial charge in [-0.25, -0.2) is 4.79 Å². The molecule has 4 rings (SSSR count). The third-order valence-electron chi connectivity index (χ3n) is 5.00. The van der Waals surface area contributed by atoms with Gasteiger partial charge in [-0.05, 0) is 55.8 Å². The SMILES string of the molecule is O=C(OC1C2CC3CC(C2)CC1C3)C(F)(F)C(F)(F)F. The van der Waals surface area contributed by atoms with Crippen LogP contribution < -0.4 is 0 Å². The Morgan fingerprint density at radius 2 is 1.30 bits per heavy atom. The lowest BCUT2D eigenvalue weighted by molar-refractivity contribution is -0.286. The number of ether oxygens (including phenoxy) is 1. The van der Waals surface area contributed by atoms with Crippen LogP contribution >= 0.6 is 0 Å². The van der Waals surface area contributed by atoms with Crippen LogP contribution in [-0.4, -0.2) is 24.2 Å².